The van der Waals surface area contributed by atoms with Crippen LogP contribution >= 0.6 is 23.2 Å². The lowest BCUT2D eigenvalue weighted by atomic mass is 9.84. The van der Waals surface area contributed by atoms with Crippen LogP contribution in [0.3, 0.4) is 0 Å². The van der Waals surface area contributed by atoms with Crippen LogP contribution in [0.25, 0.3) is 0 Å². The molecule has 0 bridgehead atoms. The van der Waals surface area contributed by atoms with Crippen molar-refractivity contribution in [3.63, 3.8) is 0 Å². The summed E-state index contributed by atoms with van der Waals surface area (Å²) in [6, 6.07) is 11.2. The maximum Gasteiger partial charge on any atom is 0.269 e. The quantitative estimate of drug-likeness (QED) is 0.590. The molecular weight excluding hydrogens is 363 g/mol. The van der Waals surface area contributed by atoms with Gasteiger partial charge in [-0.2, -0.15) is 0 Å². The normalized spacial score (nSPS) is 11.2. The number of rotatable bonds is 6. The zero-order valence-electron chi connectivity index (χ0n) is 13.9. The molecule has 1 N–H and O–H groups in total. The van der Waals surface area contributed by atoms with Gasteiger partial charge in [0.05, 0.1) is 11.3 Å². The zero-order valence-corrected chi connectivity index (χ0v) is 15.4. The van der Waals surface area contributed by atoms with Crippen LogP contribution in [0.1, 0.15) is 25.0 Å². The monoisotopic (exact) mass is 380 g/mol. The van der Waals surface area contributed by atoms with Gasteiger partial charge < -0.3 is 5.32 Å². The van der Waals surface area contributed by atoms with Gasteiger partial charge in [-0.1, -0.05) is 55.2 Å². The molecule has 0 heterocycles. The fraction of sp³-hybridized carbons (Fsp3) is 0.278. The summed E-state index contributed by atoms with van der Waals surface area (Å²) in [6.45, 7) is 4.26. The lowest BCUT2D eigenvalue weighted by molar-refractivity contribution is -0.384. The first-order valence-electron chi connectivity index (χ1n) is 7.65. The van der Waals surface area contributed by atoms with Crippen molar-refractivity contribution in [2.24, 2.45) is 0 Å². The van der Waals surface area contributed by atoms with E-state index in [2.05, 4.69) is 5.32 Å². The van der Waals surface area contributed by atoms with Crippen molar-refractivity contribution < 1.29 is 9.72 Å². The van der Waals surface area contributed by atoms with E-state index in [0.29, 0.717) is 22.2 Å². The highest BCUT2D eigenvalue weighted by atomic mass is 35.5. The molecule has 2 rings (SSSR count). The largest absolute Gasteiger partial charge is 0.355 e. The summed E-state index contributed by atoms with van der Waals surface area (Å²) in [6.07, 6.45) is 0.143. The Bertz CT molecular complexity index is 769. The van der Waals surface area contributed by atoms with Gasteiger partial charge in [-0.05, 0) is 23.3 Å². The molecule has 0 unspecified atom stereocenters. The number of non-ortho nitro benzene ring substituents is 1. The predicted octanol–water partition coefficient (Wildman–Crippen LogP) is 4.54. The molecule has 0 saturated carbocycles. The van der Waals surface area contributed by atoms with Crippen molar-refractivity contribution in [1.82, 2.24) is 5.32 Å². The maximum atomic E-state index is 12.2. The average Bonchev–Trinajstić information content (AvgIpc) is 2.53. The van der Waals surface area contributed by atoms with Crippen LogP contribution in [0.5, 0.6) is 0 Å². The van der Waals surface area contributed by atoms with E-state index >= 15 is 0 Å². The molecule has 0 spiro atoms. The molecule has 0 atom stereocenters. The minimum atomic E-state index is -0.473. The Morgan fingerprint density at radius 3 is 2.20 bits per heavy atom. The van der Waals surface area contributed by atoms with Gasteiger partial charge in [-0.3, -0.25) is 14.9 Å². The van der Waals surface area contributed by atoms with Crippen molar-refractivity contribution in [3.8, 4) is 0 Å². The van der Waals surface area contributed by atoms with Gasteiger partial charge in [-0.15, -0.1) is 0 Å². The summed E-state index contributed by atoms with van der Waals surface area (Å²) in [5.41, 5.74) is 1.05. The molecule has 0 fully saturated rings. The molecule has 0 saturated heterocycles. The van der Waals surface area contributed by atoms with Gasteiger partial charge in [0.15, 0.2) is 0 Å². The van der Waals surface area contributed by atoms with Crippen molar-refractivity contribution in [1.29, 1.82) is 0 Å². The number of hydrogen-bond acceptors (Lipinski definition) is 3. The van der Waals surface area contributed by atoms with Gasteiger partial charge in [0, 0.05) is 34.1 Å². The Kier molecular flexibility index (Phi) is 6.03. The first-order chi connectivity index (χ1) is 11.7. The Morgan fingerprint density at radius 1 is 1.12 bits per heavy atom. The standard InChI is InChI=1S/C18H18Cl2N2O3/c1-18(2,17-14(19)4-3-5-15(17)20)11-21-16(23)10-12-6-8-13(9-7-12)22(24)25/h3-9H,10-11H2,1-2H3,(H,21,23). The van der Waals surface area contributed by atoms with Gasteiger partial charge in [-0.25, -0.2) is 0 Å². The Morgan fingerprint density at radius 2 is 1.68 bits per heavy atom. The Balaban J connectivity index is 2.00. The summed E-state index contributed by atoms with van der Waals surface area (Å²) in [5.74, 6) is -0.176. The third-order valence-corrected chi connectivity index (χ3v) is 4.51. The Hall–Kier alpha value is -2.11. The highest BCUT2D eigenvalue weighted by Gasteiger charge is 2.26. The molecule has 5 nitrogen and oxygen atoms in total. The summed E-state index contributed by atoms with van der Waals surface area (Å²) in [4.78, 5) is 22.3. The number of nitrogens with zero attached hydrogens (tertiary/aromatic N) is 1. The highest BCUT2D eigenvalue weighted by Crippen LogP contribution is 2.35. The lowest BCUT2D eigenvalue weighted by Gasteiger charge is -2.27. The molecule has 0 aliphatic carbocycles. The van der Waals surface area contributed by atoms with E-state index in [1.54, 1.807) is 30.3 Å². The highest BCUT2D eigenvalue weighted by molar-refractivity contribution is 6.36. The molecule has 0 radical (unpaired) electrons. The molecule has 2 aromatic rings. The summed E-state index contributed by atoms with van der Waals surface area (Å²) < 4.78 is 0. The molecule has 0 aliphatic heterocycles. The predicted molar refractivity (Wildman–Crippen MR) is 99.3 cm³/mol. The van der Waals surface area contributed by atoms with Gasteiger partial charge in [0.2, 0.25) is 5.91 Å². The number of carbonyl (C=O) groups excluding carboxylic acids is 1. The van der Waals surface area contributed by atoms with Crippen LogP contribution in [0, 0.1) is 10.1 Å². The van der Waals surface area contributed by atoms with E-state index in [4.69, 9.17) is 23.2 Å². The topological polar surface area (TPSA) is 72.2 Å². The molecule has 7 heteroatoms. The third kappa shape index (κ3) is 4.94. The SMILES string of the molecule is CC(C)(CNC(=O)Cc1ccc([N+](=O)[O-])cc1)c1c(Cl)cccc1Cl. The first kappa shape index (κ1) is 19.2. The van der Waals surface area contributed by atoms with Crippen LogP contribution < -0.4 is 5.32 Å². The van der Waals surface area contributed by atoms with Crippen molar-refractivity contribution in [2.45, 2.75) is 25.7 Å². The fourth-order valence-electron chi connectivity index (χ4n) is 2.54. The fourth-order valence-corrected chi connectivity index (χ4v) is 3.44. The van der Waals surface area contributed by atoms with E-state index in [9.17, 15) is 14.9 Å². The zero-order chi connectivity index (χ0) is 18.6. The molecule has 25 heavy (non-hydrogen) atoms. The second-order valence-corrected chi connectivity index (χ2v) is 7.17. The molecule has 0 aromatic heterocycles. The smallest absolute Gasteiger partial charge is 0.269 e. The third-order valence-electron chi connectivity index (χ3n) is 3.88. The number of nitro groups is 1. The van der Waals surface area contributed by atoms with Gasteiger partial charge in [0.25, 0.3) is 5.69 Å². The van der Waals surface area contributed by atoms with Crippen LogP contribution in [-0.2, 0) is 16.6 Å². The first-order valence-corrected chi connectivity index (χ1v) is 8.41. The van der Waals surface area contributed by atoms with Gasteiger partial charge >= 0.3 is 0 Å². The van der Waals surface area contributed by atoms with Crippen LogP contribution in [0.4, 0.5) is 5.69 Å². The number of amides is 1. The molecule has 132 valence electrons. The number of benzene rings is 2. The van der Waals surface area contributed by atoms with E-state index in [1.165, 1.54) is 12.1 Å². The van der Waals surface area contributed by atoms with E-state index in [0.717, 1.165) is 5.56 Å². The molecule has 0 aliphatic rings. The molecule has 1 amide bonds. The Labute approximate surface area is 156 Å². The van der Waals surface area contributed by atoms with Crippen molar-refractivity contribution in [2.75, 3.05) is 6.54 Å². The van der Waals surface area contributed by atoms with Crippen molar-refractivity contribution in [3.05, 3.63) is 73.8 Å². The van der Waals surface area contributed by atoms with Crippen LogP contribution in [0.2, 0.25) is 10.0 Å². The number of hydrogen-bond donors (Lipinski definition) is 1. The molecule has 2 aromatic carbocycles. The number of halogens is 2. The second kappa shape index (κ2) is 7.85. The lowest BCUT2D eigenvalue weighted by Crippen LogP contribution is -2.37. The summed E-state index contributed by atoms with van der Waals surface area (Å²) in [5, 5.41) is 14.6. The second-order valence-electron chi connectivity index (χ2n) is 6.36. The van der Waals surface area contributed by atoms with Gasteiger partial charge in [0.1, 0.15) is 0 Å². The summed E-state index contributed by atoms with van der Waals surface area (Å²) >= 11 is 12.5. The minimum Gasteiger partial charge on any atom is -0.355 e. The summed E-state index contributed by atoms with van der Waals surface area (Å²) in [7, 11) is 0. The number of carbonyl (C=O) groups is 1. The van der Waals surface area contributed by atoms with Crippen LogP contribution in [0.15, 0.2) is 42.5 Å². The van der Waals surface area contributed by atoms with Crippen LogP contribution in [-0.4, -0.2) is 17.4 Å². The van der Waals surface area contributed by atoms with E-state index in [-0.39, 0.29) is 18.0 Å². The minimum absolute atomic E-state index is 0.00125. The van der Waals surface area contributed by atoms with E-state index < -0.39 is 10.3 Å². The number of nitrogens with one attached hydrogen (secondary N) is 1. The average molecular weight is 381 g/mol. The molecular formula is C18H18Cl2N2O3. The number of nitro benzene ring substituents is 1. The van der Waals surface area contributed by atoms with Crippen molar-refractivity contribution >= 4 is 34.8 Å². The maximum absolute atomic E-state index is 12.2. The van der Waals surface area contributed by atoms with E-state index in [1.807, 2.05) is 13.8 Å².